The van der Waals surface area contributed by atoms with Crippen molar-refractivity contribution in [3.8, 4) is 24.0 Å². The van der Waals surface area contributed by atoms with Crippen molar-refractivity contribution in [2.75, 3.05) is 7.11 Å². The minimum absolute atomic E-state index is 0.0710. The van der Waals surface area contributed by atoms with Gasteiger partial charge in [-0.15, -0.1) is 0 Å². The van der Waals surface area contributed by atoms with E-state index in [1.807, 2.05) is 24.3 Å². The van der Waals surface area contributed by atoms with Crippen LogP contribution in [0.25, 0.3) is 0 Å². The van der Waals surface area contributed by atoms with Crippen molar-refractivity contribution < 1.29 is 4.74 Å². The standard InChI is InChI=1S/C24H26N4O/c1-23(2,3)16-7-10-18-19(11-16)21(15-5-8-17(29-4)9-6-15)24(13-26,14-27)22(28)20(18)12-25/h5-6,8-10,16,19-21,28H,7,11H2,1-4H3/t16-,19+,20?,21-/m0/s1. The van der Waals surface area contributed by atoms with Gasteiger partial charge >= 0.3 is 0 Å². The maximum atomic E-state index is 10.1. The molecule has 1 saturated carbocycles. The summed E-state index contributed by atoms with van der Waals surface area (Å²) in [6.45, 7) is 6.61. The zero-order chi connectivity index (χ0) is 21.4. The molecule has 0 heterocycles. The Morgan fingerprint density at radius 3 is 2.21 bits per heavy atom. The molecule has 0 saturated heterocycles. The minimum Gasteiger partial charge on any atom is -0.497 e. The Kier molecular flexibility index (Phi) is 5.25. The predicted molar refractivity (Wildman–Crippen MR) is 110 cm³/mol. The Bertz CT molecular complexity index is 949. The summed E-state index contributed by atoms with van der Waals surface area (Å²) in [6.07, 6.45) is 3.74. The summed E-state index contributed by atoms with van der Waals surface area (Å²) in [4.78, 5) is 0. The summed E-state index contributed by atoms with van der Waals surface area (Å²) >= 11 is 0. The molecule has 148 valence electrons. The van der Waals surface area contributed by atoms with Gasteiger partial charge in [-0.2, -0.15) is 15.8 Å². The molecule has 3 rings (SSSR count). The first kappa shape index (κ1) is 20.6. The van der Waals surface area contributed by atoms with Gasteiger partial charge in [-0.25, -0.2) is 0 Å². The number of hydrogen-bond acceptors (Lipinski definition) is 5. The van der Waals surface area contributed by atoms with Crippen LogP contribution in [0.2, 0.25) is 0 Å². The van der Waals surface area contributed by atoms with E-state index in [-0.39, 0.29) is 17.0 Å². The van der Waals surface area contributed by atoms with Crippen LogP contribution in [0.4, 0.5) is 0 Å². The third kappa shape index (κ3) is 3.20. The molecule has 0 aromatic heterocycles. The normalized spacial score (nSPS) is 28.2. The molecular weight excluding hydrogens is 360 g/mol. The molecule has 1 aromatic carbocycles. The maximum Gasteiger partial charge on any atom is 0.189 e. The first-order chi connectivity index (χ1) is 13.7. The van der Waals surface area contributed by atoms with E-state index < -0.39 is 17.3 Å². The molecule has 2 aliphatic rings. The van der Waals surface area contributed by atoms with E-state index in [4.69, 9.17) is 10.1 Å². The monoisotopic (exact) mass is 386 g/mol. The molecule has 4 atom stereocenters. The smallest absolute Gasteiger partial charge is 0.189 e. The summed E-state index contributed by atoms with van der Waals surface area (Å²) in [5, 5.41) is 38.7. The zero-order valence-corrected chi connectivity index (χ0v) is 17.4. The molecule has 0 radical (unpaired) electrons. The number of allylic oxidation sites excluding steroid dienone is 2. The van der Waals surface area contributed by atoms with Crippen molar-refractivity contribution >= 4 is 5.71 Å². The molecule has 5 nitrogen and oxygen atoms in total. The molecule has 1 aromatic rings. The van der Waals surface area contributed by atoms with Crippen LogP contribution in [0.15, 0.2) is 35.9 Å². The zero-order valence-electron chi connectivity index (χ0n) is 17.4. The van der Waals surface area contributed by atoms with Gasteiger partial charge in [0, 0.05) is 5.92 Å². The molecule has 1 unspecified atom stereocenters. The van der Waals surface area contributed by atoms with Gasteiger partial charge in [0.05, 0.1) is 31.0 Å². The van der Waals surface area contributed by atoms with Gasteiger partial charge in [-0.3, -0.25) is 0 Å². The van der Waals surface area contributed by atoms with Crippen molar-refractivity contribution in [2.24, 2.45) is 28.6 Å². The van der Waals surface area contributed by atoms with E-state index in [0.717, 1.165) is 24.0 Å². The highest BCUT2D eigenvalue weighted by Crippen LogP contribution is 2.57. The fourth-order valence-electron chi connectivity index (χ4n) is 4.92. The van der Waals surface area contributed by atoms with Crippen molar-refractivity contribution in [3.05, 3.63) is 41.5 Å². The second-order valence-corrected chi connectivity index (χ2v) is 9.10. The average Bonchev–Trinajstić information content (AvgIpc) is 2.72. The number of methoxy groups -OCH3 is 1. The molecule has 0 amide bonds. The summed E-state index contributed by atoms with van der Waals surface area (Å²) in [5.41, 5.74) is 0.0566. The molecule has 29 heavy (non-hydrogen) atoms. The van der Waals surface area contributed by atoms with Crippen LogP contribution in [0.5, 0.6) is 5.75 Å². The van der Waals surface area contributed by atoms with Gasteiger partial charge < -0.3 is 10.1 Å². The number of hydrogen-bond donors (Lipinski definition) is 1. The van der Waals surface area contributed by atoms with Gasteiger partial charge in [0.25, 0.3) is 0 Å². The van der Waals surface area contributed by atoms with E-state index in [2.05, 4.69) is 45.1 Å². The van der Waals surface area contributed by atoms with Crippen LogP contribution in [-0.4, -0.2) is 12.8 Å². The second-order valence-electron chi connectivity index (χ2n) is 9.10. The molecule has 0 bridgehead atoms. The fourth-order valence-corrected chi connectivity index (χ4v) is 4.92. The predicted octanol–water partition coefficient (Wildman–Crippen LogP) is 4.98. The van der Waals surface area contributed by atoms with E-state index in [1.54, 1.807) is 7.11 Å². The number of fused-ring (bicyclic) bond motifs is 1. The summed E-state index contributed by atoms with van der Waals surface area (Å²) < 4.78 is 5.26. The Balaban J connectivity index is 2.22. The fraction of sp³-hybridized carbons (Fsp3) is 0.500. The first-order valence-electron chi connectivity index (χ1n) is 9.88. The lowest BCUT2D eigenvalue weighted by Gasteiger charge is -2.49. The van der Waals surface area contributed by atoms with Crippen molar-refractivity contribution in [1.29, 1.82) is 21.2 Å². The maximum absolute atomic E-state index is 10.1. The highest BCUT2D eigenvalue weighted by atomic mass is 16.5. The number of nitrogens with zero attached hydrogens (tertiary/aromatic N) is 3. The van der Waals surface area contributed by atoms with E-state index >= 15 is 0 Å². The van der Waals surface area contributed by atoms with Gasteiger partial charge in [-0.1, -0.05) is 39.0 Å². The largest absolute Gasteiger partial charge is 0.497 e. The van der Waals surface area contributed by atoms with Gasteiger partial charge in [0.2, 0.25) is 0 Å². The van der Waals surface area contributed by atoms with Crippen molar-refractivity contribution in [1.82, 2.24) is 0 Å². The van der Waals surface area contributed by atoms with E-state index in [9.17, 15) is 15.8 Å². The third-order valence-corrected chi connectivity index (χ3v) is 6.70. The van der Waals surface area contributed by atoms with Crippen LogP contribution >= 0.6 is 0 Å². The van der Waals surface area contributed by atoms with Crippen LogP contribution in [0.3, 0.4) is 0 Å². The molecular formula is C24H26N4O. The average molecular weight is 386 g/mol. The van der Waals surface area contributed by atoms with Crippen LogP contribution in [0, 0.1) is 68.0 Å². The lowest BCUT2D eigenvalue weighted by molar-refractivity contribution is 0.168. The third-order valence-electron chi connectivity index (χ3n) is 6.70. The molecule has 1 fully saturated rings. The van der Waals surface area contributed by atoms with E-state index in [1.165, 1.54) is 0 Å². The highest BCUT2D eigenvalue weighted by molar-refractivity contribution is 6.00. The van der Waals surface area contributed by atoms with Crippen LogP contribution < -0.4 is 4.74 Å². The van der Waals surface area contributed by atoms with Crippen LogP contribution in [0.1, 0.15) is 45.1 Å². The highest BCUT2D eigenvalue weighted by Gasteiger charge is 2.58. The lowest BCUT2D eigenvalue weighted by atomic mass is 9.51. The number of benzene rings is 1. The molecule has 2 aliphatic carbocycles. The minimum atomic E-state index is -1.66. The number of nitrogens with one attached hydrogen (secondary N) is 1. The Hall–Kier alpha value is -3.10. The number of rotatable bonds is 2. The Labute approximate surface area is 172 Å². The van der Waals surface area contributed by atoms with Crippen molar-refractivity contribution in [2.45, 2.75) is 39.5 Å². The van der Waals surface area contributed by atoms with Crippen LogP contribution in [-0.2, 0) is 0 Å². The molecule has 1 N–H and O–H groups in total. The molecule has 0 aliphatic heterocycles. The van der Waals surface area contributed by atoms with E-state index in [0.29, 0.717) is 11.7 Å². The Morgan fingerprint density at radius 1 is 1.10 bits per heavy atom. The Morgan fingerprint density at radius 2 is 1.72 bits per heavy atom. The van der Waals surface area contributed by atoms with Gasteiger partial charge in [-0.05, 0) is 53.4 Å². The number of ether oxygens (including phenoxy) is 1. The number of nitriles is 3. The van der Waals surface area contributed by atoms with Gasteiger partial charge in [0.15, 0.2) is 5.41 Å². The molecule has 0 spiro atoms. The summed E-state index contributed by atoms with van der Waals surface area (Å²) in [6, 6.07) is 13.9. The first-order valence-corrected chi connectivity index (χ1v) is 9.88. The summed E-state index contributed by atoms with van der Waals surface area (Å²) in [7, 11) is 1.59. The quantitative estimate of drug-likeness (QED) is 0.723. The van der Waals surface area contributed by atoms with Crippen molar-refractivity contribution in [3.63, 3.8) is 0 Å². The topological polar surface area (TPSA) is 104 Å². The second kappa shape index (κ2) is 7.38. The summed E-state index contributed by atoms with van der Waals surface area (Å²) in [5.74, 6) is -0.356. The van der Waals surface area contributed by atoms with Gasteiger partial charge in [0.1, 0.15) is 11.7 Å². The molecule has 5 heteroatoms. The lowest BCUT2D eigenvalue weighted by Crippen LogP contribution is -2.50. The SMILES string of the molecule is COc1ccc([C@H]2[C@@H]3C[C@@H](C(C)(C)C)CC=C3C(C#N)C(=N)C2(C#N)C#N)cc1.